The number of aromatic nitrogens is 1. The maximum atomic E-state index is 5.71. The molecule has 1 unspecified atom stereocenters. The molecule has 2 aromatic rings. The van der Waals surface area contributed by atoms with Gasteiger partial charge in [-0.1, -0.05) is 6.07 Å². The monoisotopic (exact) mass is 273 g/mol. The van der Waals surface area contributed by atoms with Crippen molar-refractivity contribution in [1.82, 2.24) is 10.4 Å². The van der Waals surface area contributed by atoms with Crippen LogP contribution in [0.4, 0.5) is 0 Å². The zero-order valence-corrected chi connectivity index (χ0v) is 11.9. The molecule has 1 aromatic heterocycles. The minimum atomic E-state index is -0.175. The summed E-state index contributed by atoms with van der Waals surface area (Å²) >= 11 is 0. The molecule has 0 saturated heterocycles. The van der Waals surface area contributed by atoms with Crippen molar-refractivity contribution in [3.8, 4) is 11.5 Å². The Morgan fingerprint density at radius 1 is 1.00 bits per heavy atom. The second kappa shape index (κ2) is 6.36. The third kappa shape index (κ3) is 3.07. The molecule has 0 bridgehead atoms. The normalized spacial score (nSPS) is 12.0. The number of hydrogen-bond donors (Lipinski definition) is 2. The van der Waals surface area contributed by atoms with Crippen LogP contribution in [0.3, 0.4) is 0 Å². The lowest BCUT2D eigenvalue weighted by Gasteiger charge is -2.18. The molecule has 0 aliphatic rings. The molecule has 3 N–H and O–H groups in total. The van der Waals surface area contributed by atoms with E-state index in [1.165, 1.54) is 0 Å². The summed E-state index contributed by atoms with van der Waals surface area (Å²) in [6, 6.07) is 7.55. The van der Waals surface area contributed by atoms with E-state index in [1.54, 1.807) is 20.4 Å². The molecule has 2 rings (SSSR count). The summed E-state index contributed by atoms with van der Waals surface area (Å²) in [4.78, 5) is 4.21. The third-order valence-corrected chi connectivity index (χ3v) is 3.10. The van der Waals surface area contributed by atoms with Crippen molar-refractivity contribution in [3.63, 3.8) is 0 Å². The van der Waals surface area contributed by atoms with Gasteiger partial charge in [-0.25, -0.2) is 5.43 Å². The first-order valence-corrected chi connectivity index (χ1v) is 6.28. The minimum absolute atomic E-state index is 0.175. The molecule has 5 heteroatoms. The molecule has 0 amide bonds. The number of benzene rings is 1. The van der Waals surface area contributed by atoms with Crippen molar-refractivity contribution >= 4 is 0 Å². The van der Waals surface area contributed by atoms with Crippen LogP contribution in [0.5, 0.6) is 11.5 Å². The summed E-state index contributed by atoms with van der Waals surface area (Å²) in [5.74, 6) is 7.16. The summed E-state index contributed by atoms with van der Waals surface area (Å²) < 4.78 is 10.6. The SMILES string of the molecule is COc1cc(OC)cc(C(NN)c2cncc(C)c2)c1. The van der Waals surface area contributed by atoms with E-state index in [9.17, 15) is 0 Å². The number of nitrogens with two attached hydrogens (primary N) is 1. The van der Waals surface area contributed by atoms with E-state index in [0.29, 0.717) is 0 Å². The molecule has 0 aliphatic heterocycles. The Morgan fingerprint density at radius 3 is 2.15 bits per heavy atom. The Hall–Kier alpha value is -2.11. The fraction of sp³-hybridized carbons (Fsp3) is 0.267. The zero-order valence-electron chi connectivity index (χ0n) is 11.9. The molecule has 106 valence electrons. The predicted octanol–water partition coefficient (Wildman–Crippen LogP) is 1.96. The maximum Gasteiger partial charge on any atom is 0.122 e. The van der Waals surface area contributed by atoms with E-state index in [4.69, 9.17) is 15.3 Å². The van der Waals surface area contributed by atoms with E-state index in [-0.39, 0.29) is 6.04 Å². The van der Waals surface area contributed by atoms with Crippen molar-refractivity contribution in [2.75, 3.05) is 14.2 Å². The lowest BCUT2D eigenvalue weighted by molar-refractivity contribution is 0.392. The molecule has 0 fully saturated rings. The van der Waals surface area contributed by atoms with Gasteiger partial charge in [0.2, 0.25) is 0 Å². The first-order valence-electron chi connectivity index (χ1n) is 6.28. The summed E-state index contributed by atoms with van der Waals surface area (Å²) in [6.45, 7) is 2.00. The van der Waals surface area contributed by atoms with Crippen LogP contribution in [0, 0.1) is 6.92 Å². The Kier molecular flexibility index (Phi) is 4.55. The van der Waals surface area contributed by atoms with Gasteiger partial charge in [-0.05, 0) is 35.7 Å². The standard InChI is InChI=1S/C15H19N3O2/c1-10-4-12(9-17-8-10)15(18-16)11-5-13(19-2)7-14(6-11)20-3/h4-9,15,18H,16H2,1-3H3. The summed E-state index contributed by atoms with van der Waals surface area (Å²) in [6.07, 6.45) is 3.60. The van der Waals surface area contributed by atoms with Crippen molar-refractivity contribution in [1.29, 1.82) is 0 Å². The Morgan fingerprint density at radius 2 is 1.65 bits per heavy atom. The molecule has 0 spiro atoms. The lowest BCUT2D eigenvalue weighted by Crippen LogP contribution is -2.29. The number of nitrogens with one attached hydrogen (secondary N) is 1. The van der Waals surface area contributed by atoms with Crippen LogP contribution in [0.25, 0.3) is 0 Å². The average Bonchev–Trinajstić information content (AvgIpc) is 2.47. The van der Waals surface area contributed by atoms with Crippen LogP contribution in [-0.2, 0) is 0 Å². The van der Waals surface area contributed by atoms with Gasteiger partial charge in [0.05, 0.1) is 20.3 Å². The predicted molar refractivity (Wildman–Crippen MR) is 77.7 cm³/mol. The molecular weight excluding hydrogens is 254 g/mol. The third-order valence-electron chi connectivity index (χ3n) is 3.10. The van der Waals surface area contributed by atoms with Gasteiger partial charge in [-0.15, -0.1) is 0 Å². The summed E-state index contributed by atoms with van der Waals surface area (Å²) in [5, 5.41) is 0. The van der Waals surface area contributed by atoms with Gasteiger partial charge in [0.15, 0.2) is 0 Å². The fourth-order valence-electron chi connectivity index (χ4n) is 2.12. The second-order valence-corrected chi connectivity index (χ2v) is 4.54. The van der Waals surface area contributed by atoms with Crippen molar-refractivity contribution in [3.05, 3.63) is 53.3 Å². The number of rotatable bonds is 5. The van der Waals surface area contributed by atoms with Crippen LogP contribution < -0.4 is 20.7 Å². The van der Waals surface area contributed by atoms with Gasteiger partial charge < -0.3 is 9.47 Å². The molecule has 20 heavy (non-hydrogen) atoms. The largest absolute Gasteiger partial charge is 0.497 e. The van der Waals surface area contributed by atoms with Gasteiger partial charge in [-0.3, -0.25) is 10.8 Å². The van der Waals surface area contributed by atoms with Crippen LogP contribution in [0.15, 0.2) is 36.7 Å². The number of pyridine rings is 1. The number of ether oxygens (including phenoxy) is 2. The van der Waals surface area contributed by atoms with Gasteiger partial charge in [0.25, 0.3) is 0 Å². The van der Waals surface area contributed by atoms with Crippen LogP contribution in [0.2, 0.25) is 0 Å². The second-order valence-electron chi connectivity index (χ2n) is 4.54. The zero-order chi connectivity index (χ0) is 14.5. The number of methoxy groups -OCH3 is 2. The maximum absolute atomic E-state index is 5.71. The molecule has 1 atom stereocenters. The Bertz CT molecular complexity index is 565. The van der Waals surface area contributed by atoms with Gasteiger partial charge >= 0.3 is 0 Å². The molecule has 0 aliphatic carbocycles. The number of aryl methyl sites for hydroxylation is 1. The van der Waals surface area contributed by atoms with Gasteiger partial charge in [0.1, 0.15) is 11.5 Å². The highest BCUT2D eigenvalue weighted by atomic mass is 16.5. The Balaban J connectivity index is 2.45. The highest BCUT2D eigenvalue weighted by Crippen LogP contribution is 2.29. The van der Waals surface area contributed by atoms with E-state index in [2.05, 4.69) is 10.4 Å². The van der Waals surface area contributed by atoms with Crippen molar-refractivity contribution in [2.24, 2.45) is 5.84 Å². The molecule has 1 heterocycles. The molecule has 5 nitrogen and oxygen atoms in total. The number of hydrazine groups is 1. The average molecular weight is 273 g/mol. The van der Waals surface area contributed by atoms with Crippen molar-refractivity contribution < 1.29 is 9.47 Å². The van der Waals surface area contributed by atoms with E-state index >= 15 is 0 Å². The molecular formula is C15H19N3O2. The quantitative estimate of drug-likeness (QED) is 0.644. The highest BCUT2D eigenvalue weighted by Gasteiger charge is 2.15. The van der Waals surface area contributed by atoms with Crippen molar-refractivity contribution in [2.45, 2.75) is 13.0 Å². The van der Waals surface area contributed by atoms with Gasteiger partial charge in [0, 0.05) is 18.5 Å². The summed E-state index contributed by atoms with van der Waals surface area (Å²) in [5.41, 5.74) is 5.84. The fourth-order valence-corrected chi connectivity index (χ4v) is 2.12. The van der Waals surface area contributed by atoms with E-state index in [0.717, 1.165) is 28.2 Å². The van der Waals surface area contributed by atoms with Crippen LogP contribution in [0.1, 0.15) is 22.7 Å². The first-order chi connectivity index (χ1) is 9.67. The first kappa shape index (κ1) is 14.3. The number of hydrogen-bond acceptors (Lipinski definition) is 5. The topological polar surface area (TPSA) is 69.4 Å². The van der Waals surface area contributed by atoms with E-state index < -0.39 is 0 Å². The van der Waals surface area contributed by atoms with Crippen LogP contribution in [-0.4, -0.2) is 19.2 Å². The highest BCUT2D eigenvalue weighted by molar-refractivity contribution is 5.43. The number of nitrogens with zero attached hydrogens (tertiary/aromatic N) is 1. The minimum Gasteiger partial charge on any atom is -0.497 e. The Labute approximate surface area is 118 Å². The molecule has 0 saturated carbocycles. The van der Waals surface area contributed by atoms with E-state index in [1.807, 2.05) is 37.4 Å². The molecule has 0 radical (unpaired) electrons. The van der Waals surface area contributed by atoms with Crippen LogP contribution >= 0.6 is 0 Å². The lowest BCUT2D eigenvalue weighted by atomic mass is 9.99. The molecule has 1 aromatic carbocycles. The smallest absolute Gasteiger partial charge is 0.122 e. The summed E-state index contributed by atoms with van der Waals surface area (Å²) in [7, 11) is 3.25. The van der Waals surface area contributed by atoms with Gasteiger partial charge in [-0.2, -0.15) is 0 Å².